The number of rotatable bonds is 5. The van der Waals surface area contributed by atoms with Gasteiger partial charge in [0.15, 0.2) is 0 Å². The van der Waals surface area contributed by atoms with Crippen LogP contribution in [0.4, 0.5) is 0 Å². The van der Waals surface area contributed by atoms with E-state index in [2.05, 4.69) is 55.9 Å². The maximum Gasteiger partial charge on any atom is 0.0313 e. The Morgan fingerprint density at radius 3 is 2.81 bits per heavy atom. The summed E-state index contributed by atoms with van der Waals surface area (Å²) >= 11 is 0. The highest BCUT2D eigenvalue weighted by Gasteiger charge is 2.36. The fourth-order valence-electron chi connectivity index (χ4n) is 3.28. The van der Waals surface area contributed by atoms with E-state index in [4.69, 9.17) is 0 Å². The summed E-state index contributed by atoms with van der Waals surface area (Å²) in [7, 11) is 0. The highest BCUT2D eigenvalue weighted by molar-refractivity contribution is 5.17. The van der Waals surface area contributed by atoms with Crippen molar-refractivity contribution < 1.29 is 0 Å². The van der Waals surface area contributed by atoms with Gasteiger partial charge in [-0.2, -0.15) is 0 Å². The van der Waals surface area contributed by atoms with Gasteiger partial charge in [0.1, 0.15) is 0 Å². The zero-order valence-electron chi connectivity index (χ0n) is 14.3. The summed E-state index contributed by atoms with van der Waals surface area (Å²) in [6.45, 7) is 14.6. The molecule has 3 heteroatoms. The van der Waals surface area contributed by atoms with E-state index in [-0.39, 0.29) is 5.54 Å². The lowest BCUT2D eigenvalue weighted by Crippen LogP contribution is -2.62. The predicted octanol–water partition coefficient (Wildman–Crippen LogP) is 3.38. The summed E-state index contributed by atoms with van der Waals surface area (Å²) in [6.07, 6.45) is 6.38. The maximum atomic E-state index is 4.35. The molecule has 118 valence electrons. The highest BCUT2D eigenvalue weighted by Crippen LogP contribution is 2.26. The normalized spacial score (nSPS) is 27.2. The zero-order chi connectivity index (χ0) is 15.5. The highest BCUT2D eigenvalue weighted by atomic mass is 15.3. The third-order valence-electron chi connectivity index (χ3n) is 4.80. The van der Waals surface area contributed by atoms with Crippen LogP contribution in [0.15, 0.2) is 18.5 Å². The average molecular weight is 289 g/mol. The van der Waals surface area contributed by atoms with Gasteiger partial charge in [-0.3, -0.25) is 9.88 Å². The predicted molar refractivity (Wildman–Crippen MR) is 89.3 cm³/mol. The molecule has 21 heavy (non-hydrogen) atoms. The first-order valence-electron chi connectivity index (χ1n) is 8.32. The smallest absolute Gasteiger partial charge is 0.0313 e. The van der Waals surface area contributed by atoms with E-state index in [1.807, 2.05) is 12.4 Å². The van der Waals surface area contributed by atoms with Crippen LogP contribution in [0.1, 0.15) is 51.7 Å². The van der Waals surface area contributed by atoms with Crippen LogP contribution < -0.4 is 5.32 Å². The summed E-state index contributed by atoms with van der Waals surface area (Å²) in [4.78, 5) is 7.01. The molecule has 1 aromatic rings. The van der Waals surface area contributed by atoms with Crippen LogP contribution in [-0.2, 0) is 6.54 Å². The lowest BCUT2D eigenvalue weighted by Gasteiger charge is -2.48. The Bertz CT molecular complexity index is 458. The number of piperazine rings is 1. The van der Waals surface area contributed by atoms with Gasteiger partial charge in [-0.15, -0.1) is 0 Å². The van der Waals surface area contributed by atoms with Crippen LogP contribution >= 0.6 is 0 Å². The Hall–Kier alpha value is -0.930. The fraction of sp³-hybridized carbons (Fsp3) is 0.722. The number of pyridine rings is 1. The number of hydrogen-bond donors (Lipinski definition) is 1. The van der Waals surface area contributed by atoms with Gasteiger partial charge in [0.2, 0.25) is 0 Å². The minimum atomic E-state index is 0.247. The fourth-order valence-corrected chi connectivity index (χ4v) is 3.28. The Labute approximate surface area is 130 Å². The van der Waals surface area contributed by atoms with E-state index in [0.29, 0.717) is 6.04 Å². The Kier molecular flexibility index (Phi) is 5.39. The van der Waals surface area contributed by atoms with E-state index >= 15 is 0 Å². The molecule has 3 nitrogen and oxygen atoms in total. The maximum absolute atomic E-state index is 4.35. The molecule has 2 atom stereocenters. The molecule has 1 aromatic heterocycles. The van der Waals surface area contributed by atoms with Crippen molar-refractivity contribution in [3.05, 3.63) is 29.6 Å². The van der Waals surface area contributed by atoms with Gasteiger partial charge in [0.05, 0.1) is 0 Å². The van der Waals surface area contributed by atoms with Gasteiger partial charge in [-0.05, 0) is 43.7 Å². The van der Waals surface area contributed by atoms with Crippen LogP contribution in [0.2, 0.25) is 0 Å². The summed E-state index contributed by atoms with van der Waals surface area (Å²) in [5.74, 6) is 0.746. The van der Waals surface area contributed by atoms with E-state index in [1.54, 1.807) is 0 Å². The first-order valence-corrected chi connectivity index (χ1v) is 8.32. The molecule has 0 bridgehead atoms. The van der Waals surface area contributed by atoms with Crippen molar-refractivity contribution in [3.63, 3.8) is 0 Å². The minimum Gasteiger partial charge on any atom is -0.311 e. The van der Waals surface area contributed by atoms with Crippen LogP contribution in [0.5, 0.6) is 0 Å². The molecule has 2 heterocycles. The number of hydrogen-bond acceptors (Lipinski definition) is 3. The Morgan fingerprint density at radius 2 is 2.19 bits per heavy atom. The lowest BCUT2D eigenvalue weighted by molar-refractivity contribution is 0.0371. The van der Waals surface area contributed by atoms with Gasteiger partial charge in [0, 0.05) is 43.6 Å². The largest absolute Gasteiger partial charge is 0.311 e. The van der Waals surface area contributed by atoms with Gasteiger partial charge in [-0.1, -0.05) is 26.8 Å². The lowest BCUT2D eigenvalue weighted by atomic mass is 9.89. The number of nitrogens with zero attached hydrogens (tertiary/aromatic N) is 2. The van der Waals surface area contributed by atoms with Crippen molar-refractivity contribution in [2.75, 3.05) is 13.1 Å². The molecular formula is C18H31N3. The molecule has 1 N–H and O–H groups in total. The summed E-state index contributed by atoms with van der Waals surface area (Å²) < 4.78 is 0. The standard InChI is InChI=1S/C18H31N3/c1-6-18(5)13-20-17(7-14(2)3)12-21(18)11-16-8-15(4)9-19-10-16/h8-10,14,17,20H,6-7,11-13H2,1-5H3. The molecule has 2 unspecified atom stereocenters. The summed E-state index contributed by atoms with van der Waals surface area (Å²) in [6, 6.07) is 2.88. The van der Waals surface area contributed by atoms with E-state index in [0.717, 1.165) is 25.6 Å². The second-order valence-corrected chi connectivity index (χ2v) is 7.31. The molecule has 0 spiro atoms. The molecule has 1 aliphatic heterocycles. The van der Waals surface area contributed by atoms with Crippen LogP contribution in [-0.4, -0.2) is 34.6 Å². The molecule has 1 fully saturated rings. The monoisotopic (exact) mass is 289 g/mol. The van der Waals surface area contributed by atoms with Crippen molar-refractivity contribution in [1.82, 2.24) is 15.2 Å². The molecule has 1 saturated heterocycles. The quantitative estimate of drug-likeness (QED) is 0.900. The van der Waals surface area contributed by atoms with Gasteiger partial charge >= 0.3 is 0 Å². The molecule has 2 rings (SSSR count). The van der Waals surface area contributed by atoms with E-state index < -0.39 is 0 Å². The first-order chi connectivity index (χ1) is 9.93. The van der Waals surface area contributed by atoms with Crippen LogP contribution in [0.3, 0.4) is 0 Å². The molecule has 0 saturated carbocycles. The van der Waals surface area contributed by atoms with Crippen molar-refractivity contribution in [3.8, 4) is 0 Å². The van der Waals surface area contributed by atoms with Crippen molar-refractivity contribution in [2.24, 2.45) is 5.92 Å². The number of nitrogens with one attached hydrogen (secondary N) is 1. The second-order valence-electron chi connectivity index (χ2n) is 7.31. The van der Waals surface area contributed by atoms with E-state index in [1.165, 1.54) is 24.0 Å². The molecular weight excluding hydrogens is 258 g/mol. The second kappa shape index (κ2) is 6.89. The third-order valence-corrected chi connectivity index (χ3v) is 4.80. The van der Waals surface area contributed by atoms with Crippen LogP contribution in [0, 0.1) is 12.8 Å². The van der Waals surface area contributed by atoms with Gasteiger partial charge < -0.3 is 5.32 Å². The summed E-state index contributed by atoms with van der Waals surface area (Å²) in [5.41, 5.74) is 2.83. The summed E-state index contributed by atoms with van der Waals surface area (Å²) in [5, 5.41) is 3.76. The Balaban J connectivity index is 2.10. The topological polar surface area (TPSA) is 28.2 Å². The zero-order valence-corrected chi connectivity index (χ0v) is 14.3. The first kappa shape index (κ1) is 16.4. The average Bonchev–Trinajstić information content (AvgIpc) is 2.42. The van der Waals surface area contributed by atoms with Gasteiger partial charge in [0.25, 0.3) is 0 Å². The third kappa shape index (κ3) is 4.27. The number of aryl methyl sites for hydroxylation is 1. The van der Waals surface area contributed by atoms with Crippen LogP contribution in [0.25, 0.3) is 0 Å². The molecule has 0 aliphatic carbocycles. The van der Waals surface area contributed by atoms with Crippen molar-refractivity contribution in [1.29, 1.82) is 0 Å². The molecule has 0 aromatic carbocycles. The van der Waals surface area contributed by atoms with Crippen molar-refractivity contribution in [2.45, 2.75) is 65.6 Å². The van der Waals surface area contributed by atoms with Crippen molar-refractivity contribution >= 4 is 0 Å². The minimum absolute atomic E-state index is 0.247. The van der Waals surface area contributed by atoms with Gasteiger partial charge in [-0.25, -0.2) is 0 Å². The number of aromatic nitrogens is 1. The molecule has 0 amide bonds. The SMILES string of the molecule is CCC1(C)CNC(CC(C)C)CN1Cc1cncc(C)c1. The van der Waals surface area contributed by atoms with E-state index in [9.17, 15) is 0 Å². The molecule has 1 aliphatic rings. The Morgan fingerprint density at radius 1 is 1.43 bits per heavy atom. The molecule has 0 radical (unpaired) electrons.